The summed E-state index contributed by atoms with van der Waals surface area (Å²) in [6.07, 6.45) is -0.787. The number of carbonyl (C=O) groups is 2. The molecule has 0 saturated carbocycles. The third kappa shape index (κ3) is 4.12. The molecule has 3 rings (SSSR count). The minimum Gasteiger partial charge on any atom is -0.449 e. The molecular formula is C22H24N4O4. The highest BCUT2D eigenvalue weighted by molar-refractivity contribution is 5.97. The van der Waals surface area contributed by atoms with E-state index >= 15 is 0 Å². The van der Waals surface area contributed by atoms with E-state index in [0.29, 0.717) is 17.1 Å². The van der Waals surface area contributed by atoms with Crippen LogP contribution in [-0.4, -0.2) is 27.3 Å². The highest BCUT2D eigenvalue weighted by Crippen LogP contribution is 2.16. The van der Waals surface area contributed by atoms with Gasteiger partial charge in [-0.05, 0) is 49.7 Å². The first-order valence-corrected chi connectivity index (χ1v) is 9.54. The highest BCUT2D eigenvalue weighted by atomic mass is 16.5. The van der Waals surface area contributed by atoms with E-state index in [-0.39, 0.29) is 23.2 Å². The van der Waals surface area contributed by atoms with Crippen LogP contribution in [0.3, 0.4) is 0 Å². The Morgan fingerprint density at radius 1 is 1.10 bits per heavy atom. The van der Waals surface area contributed by atoms with Gasteiger partial charge in [-0.1, -0.05) is 25.1 Å². The number of anilines is 2. The molecule has 156 valence electrons. The second kappa shape index (κ2) is 8.69. The number of nitrogen functional groups attached to an aromatic ring is 1. The number of nitrogens with one attached hydrogen (secondary N) is 1. The van der Waals surface area contributed by atoms with E-state index < -0.39 is 18.0 Å². The number of rotatable bonds is 6. The van der Waals surface area contributed by atoms with Crippen molar-refractivity contribution < 1.29 is 14.3 Å². The van der Waals surface area contributed by atoms with Gasteiger partial charge in [0.2, 0.25) is 0 Å². The third-order valence-electron chi connectivity index (χ3n) is 4.86. The van der Waals surface area contributed by atoms with Crippen molar-refractivity contribution >= 4 is 23.3 Å². The minimum absolute atomic E-state index is 0.147. The Bertz CT molecular complexity index is 1110. The van der Waals surface area contributed by atoms with Crippen LogP contribution in [0.4, 0.5) is 11.4 Å². The average Bonchev–Trinajstić information content (AvgIpc) is 2.96. The van der Waals surface area contributed by atoms with Crippen LogP contribution in [0.1, 0.15) is 29.4 Å². The summed E-state index contributed by atoms with van der Waals surface area (Å²) in [5.41, 5.74) is 7.47. The van der Waals surface area contributed by atoms with Gasteiger partial charge in [0.15, 0.2) is 6.10 Å². The first-order valence-electron chi connectivity index (χ1n) is 9.54. The zero-order valence-electron chi connectivity index (χ0n) is 17.1. The molecule has 0 aliphatic heterocycles. The van der Waals surface area contributed by atoms with Gasteiger partial charge >= 0.3 is 5.97 Å². The fourth-order valence-corrected chi connectivity index (χ4v) is 3.05. The van der Waals surface area contributed by atoms with Crippen molar-refractivity contribution in [3.8, 4) is 5.69 Å². The van der Waals surface area contributed by atoms with Gasteiger partial charge in [-0.3, -0.25) is 14.3 Å². The predicted molar refractivity (Wildman–Crippen MR) is 115 cm³/mol. The van der Waals surface area contributed by atoms with Gasteiger partial charge in [0, 0.05) is 12.7 Å². The van der Waals surface area contributed by atoms with Crippen molar-refractivity contribution in [2.24, 2.45) is 7.05 Å². The molecule has 1 unspecified atom stereocenters. The summed E-state index contributed by atoms with van der Waals surface area (Å²) in [4.78, 5) is 38.0. The maximum Gasteiger partial charge on any atom is 0.338 e. The number of nitrogens with zero attached hydrogens (tertiary/aromatic N) is 2. The first kappa shape index (κ1) is 20.9. The number of hydrogen-bond acceptors (Lipinski definition) is 5. The highest BCUT2D eigenvalue weighted by Gasteiger charge is 2.25. The summed E-state index contributed by atoms with van der Waals surface area (Å²) in [6.45, 7) is 3.46. The second-order valence-corrected chi connectivity index (χ2v) is 6.85. The molecule has 0 bridgehead atoms. The molecule has 3 aromatic rings. The topological polar surface area (TPSA) is 108 Å². The third-order valence-corrected chi connectivity index (χ3v) is 4.86. The molecule has 1 aromatic heterocycles. The summed E-state index contributed by atoms with van der Waals surface area (Å²) in [7, 11) is 1.73. The number of esters is 1. The van der Waals surface area contributed by atoms with Crippen LogP contribution >= 0.6 is 0 Å². The molecule has 2 aromatic carbocycles. The lowest BCUT2D eigenvalue weighted by Crippen LogP contribution is -2.33. The molecule has 1 amide bonds. The zero-order valence-corrected chi connectivity index (χ0v) is 17.1. The molecule has 8 nitrogen and oxygen atoms in total. The Hall–Kier alpha value is -3.81. The summed E-state index contributed by atoms with van der Waals surface area (Å²) in [5, 5.41) is 2.64. The van der Waals surface area contributed by atoms with Crippen LogP contribution in [0.25, 0.3) is 5.69 Å². The van der Waals surface area contributed by atoms with Gasteiger partial charge in [-0.25, -0.2) is 9.48 Å². The van der Waals surface area contributed by atoms with Crippen LogP contribution < -0.4 is 16.6 Å². The van der Waals surface area contributed by atoms with Crippen molar-refractivity contribution in [3.05, 3.63) is 76.2 Å². The van der Waals surface area contributed by atoms with Gasteiger partial charge in [0.05, 0.1) is 16.9 Å². The fraction of sp³-hybridized carbons (Fsp3) is 0.227. The fourth-order valence-electron chi connectivity index (χ4n) is 3.05. The lowest BCUT2D eigenvalue weighted by atomic mass is 10.2. The van der Waals surface area contributed by atoms with E-state index in [0.717, 1.165) is 0 Å². The zero-order chi connectivity index (χ0) is 21.8. The molecule has 8 heteroatoms. The number of hydrogen-bond donors (Lipinski definition) is 2. The maximum absolute atomic E-state index is 12.9. The summed E-state index contributed by atoms with van der Waals surface area (Å²) < 4.78 is 8.48. The number of para-hydroxylation sites is 1. The van der Waals surface area contributed by atoms with Crippen LogP contribution in [0.5, 0.6) is 0 Å². The SMILES string of the molecule is CCC(OC(=O)c1ccc(N)cc1)C(=O)Nc1c(C)n(C)n(-c2ccccc2)c1=O. The first-order chi connectivity index (χ1) is 14.3. The van der Waals surface area contributed by atoms with E-state index in [9.17, 15) is 14.4 Å². The van der Waals surface area contributed by atoms with E-state index in [4.69, 9.17) is 10.5 Å². The van der Waals surface area contributed by atoms with E-state index in [1.54, 1.807) is 49.8 Å². The quantitative estimate of drug-likeness (QED) is 0.481. The Balaban J connectivity index is 1.81. The van der Waals surface area contributed by atoms with Gasteiger partial charge in [-0.2, -0.15) is 0 Å². The molecule has 0 saturated heterocycles. The van der Waals surface area contributed by atoms with E-state index in [2.05, 4.69) is 5.32 Å². The molecule has 1 heterocycles. The second-order valence-electron chi connectivity index (χ2n) is 6.85. The lowest BCUT2D eigenvalue weighted by Gasteiger charge is -2.15. The number of nitrogens with two attached hydrogens (primary N) is 1. The monoisotopic (exact) mass is 408 g/mol. The van der Waals surface area contributed by atoms with Crippen molar-refractivity contribution in [3.63, 3.8) is 0 Å². The van der Waals surface area contributed by atoms with Crippen molar-refractivity contribution in [1.29, 1.82) is 0 Å². The Morgan fingerprint density at radius 3 is 2.33 bits per heavy atom. The molecule has 0 fully saturated rings. The average molecular weight is 408 g/mol. The van der Waals surface area contributed by atoms with Gasteiger partial charge in [0.1, 0.15) is 5.69 Å². The predicted octanol–water partition coefficient (Wildman–Crippen LogP) is 2.64. The Kier molecular flexibility index (Phi) is 6.06. The maximum atomic E-state index is 12.9. The molecule has 0 spiro atoms. The van der Waals surface area contributed by atoms with Crippen molar-refractivity contribution in [2.75, 3.05) is 11.1 Å². The number of carbonyl (C=O) groups excluding carboxylic acids is 2. The summed E-state index contributed by atoms with van der Waals surface area (Å²) in [5.74, 6) is -1.20. The summed E-state index contributed by atoms with van der Waals surface area (Å²) in [6, 6.07) is 15.3. The van der Waals surface area contributed by atoms with Crippen molar-refractivity contribution in [1.82, 2.24) is 9.36 Å². The molecular weight excluding hydrogens is 384 g/mol. The van der Waals surface area contributed by atoms with Crippen LogP contribution in [0, 0.1) is 6.92 Å². The molecule has 1 atom stereocenters. The smallest absolute Gasteiger partial charge is 0.338 e. The number of ether oxygens (including phenoxy) is 1. The Labute approximate surface area is 173 Å². The largest absolute Gasteiger partial charge is 0.449 e. The number of amides is 1. The van der Waals surface area contributed by atoms with Gasteiger partial charge < -0.3 is 15.8 Å². The van der Waals surface area contributed by atoms with Crippen LogP contribution in [-0.2, 0) is 16.6 Å². The van der Waals surface area contributed by atoms with Gasteiger partial charge in [0.25, 0.3) is 11.5 Å². The number of benzene rings is 2. The molecule has 0 radical (unpaired) electrons. The summed E-state index contributed by atoms with van der Waals surface area (Å²) >= 11 is 0. The van der Waals surface area contributed by atoms with E-state index in [1.807, 2.05) is 18.2 Å². The molecule has 3 N–H and O–H groups in total. The normalized spacial score (nSPS) is 11.7. The molecule has 0 aliphatic carbocycles. The molecule has 0 aliphatic rings. The lowest BCUT2D eigenvalue weighted by molar-refractivity contribution is -0.124. The number of aromatic nitrogens is 2. The van der Waals surface area contributed by atoms with Crippen molar-refractivity contribution in [2.45, 2.75) is 26.4 Å². The standard InChI is InChI=1S/C22H24N4O4/c1-4-18(30-22(29)15-10-12-16(23)13-11-15)20(27)24-19-14(2)25(3)26(21(19)28)17-8-6-5-7-9-17/h5-13,18H,4,23H2,1-3H3,(H,24,27). The van der Waals surface area contributed by atoms with Crippen LogP contribution in [0.15, 0.2) is 59.4 Å². The minimum atomic E-state index is -1.04. The Morgan fingerprint density at radius 2 is 1.73 bits per heavy atom. The van der Waals surface area contributed by atoms with Crippen LogP contribution in [0.2, 0.25) is 0 Å². The van der Waals surface area contributed by atoms with E-state index in [1.165, 1.54) is 16.8 Å². The van der Waals surface area contributed by atoms with Gasteiger partial charge in [-0.15, -0.1) is 0 Å². The molecule has 30 heavy (non-hydrogen) atoms.